The molecule has 0 aromatic carbocycles. The fourth-order valence-corrected chi connectivity index (χ4v) is 3.59. The molecule has 0 radical (unpaired) electrons. The lowest BCUT2D eigenvalue weighted by molar-refractivity contribution is 0.479. The molecule has 0 unspecified atom stereocenters. The highest BCUT2D eigenvalue weighted by molar-refractivity contribution is 14.0. The number of fused-ring (bicyclic) bond motifs is 1. The zero-order valence-corrected chi connectivity index (χ0v) is 16.0. The second-order valence-corrected chi connectivity index (χ2v) is 6.57. The monoisotopic (exact) mass is 408 g/mol. The summed E-state index contributed by atoms with van der Waals surface area (Å²) in [4.78, 5) is 15.0. The Hall–Kier alpha value is -0.370. The topological polar surface area (TPSA) is 31.7 Å². The summed E-state index contributed by atoms with van der Waals surface area (Å²) < 4.78 is 0. The molecule has 0 atom stereocenters. The van der Waals surface area contributed by atoms with Crippen LogP contribution in [0.3, 0.4) is 0 Å². The third-order valence-corrected chi connectivity index (χ3v) is 4.49. The van der Waals surface area contributed by atoms with Gasteiger partial charge in [0, 0.05) is 46.0 Å². The van der Waals surface area contributed by atoms with Crippen LogP contribution in [0.2, 0.25) is 0 Å². The van der Waals surface area contributed by atoms with E-state index in [0.29, 0.717) is 0 Å². The fourth-order valence-electron chi connectivity index (χ4n) is 2.45. The molecule has 1 aliphatic rings. The van der Waals surface area contributed by atoms with E-state index in [2.05, 4.69) is 4.99 Å². The Morgan fingerprint density at radius 2 is 1.80 bits per heavy atom. The van der Waals surface area contributed by atoms with Gasteiger partial charge in [-0.25, -0.2) is 4.98 Å². The molecule has 0 aliphatic heterocycles. The van der Waals surface area contributed by atoms with Crippen LogP contribution in [0, 0.1) is 0 Å². The minimum absolute atomic E-state index is 0. The summed E-state index contributed by atoms with van der Waals surface area (Å²) in [6.07, 6.45) is 6.01. The Balaban J connectivity index is 0.00000200. The number of rotatable bonds is 3. The lowest BCUT2D eigenvalue weighted by atomic mass is 10.0. The molecule has 2 rings (SSSR count). The van der Waals surface area contributed by atoms with E-state index in [1.807, 2.05) is 49.3 Å². The van der Waals surface area contributed by atoms with E-state index in [1.165, 1.54) is 41.3 Å². The van der Waals surface area contributed by atoms with Crippen LogP contribution in [-0.2, 0) is 19.3 Å². The van der Waals surface area contributed by atoms with E-state index in [-0.39, 0.29) is 24.0 Å². The molecule has 0 N–H and O–H groups in total. The first-order valence-electron chi connectivity index (χ1n) is 6.94. The molecule has 1 aromatic heterocycles. The first-order chi connectivity index (χ1) is 9.08. The molecular formula is C14H25IN4S. The zero-order valence-electron chi connectivity index (χ0n) is 12.8. The maximum atomic E-state index is 4.76. The minimum Gasteiger partial charge on any atom is -0.349 e. The predicted octanol–water partition coefficient (Wildman–Crippen LogP) is 2.66. The molecule has 0 bridgehead atoms. The van der Waals surface area contributed by atoms with E-state index in [1.54, 1.807) is 0 Å². The molecule has 4 nitrogen and oxygen atoms in total. The van der Waals surface area contributed by atoms with Crippen molar-refractivity contribution in [2.24, 2.45) is 4.99 Å². The van der Waals surface area contributed by atoms with Crippen LogP contribution >= 0.6 is 35.3 Å². The van der Waals surface area contributed by atoms with Crippen molar-refractivity contribution in [2.75, 3.05) is 34.7 Å². The first-order valence-corrected chi connectivity index (χ1v) is 7.76. The highest BCUT2D eigenvalue weighted by atomic mass is 127. The summed E-state index contributed by atoms with van der Waals surface area (Å²) in [6.45, 7) is 0.818. The van der Waals surface area contributed by atoms with Crippen molar-refractivity contribution in [1.29, 1.82) is 0 Å². The number of hydrogen-bond acceptors (Lipinski definition) is 3. The van der Waals surface area contributed by atoms with Crippen molar-refractivity contribution in [3.8, 4) is 0 Å². The molecule has 114 valence electrons. The van der Waals surface area contributed by atoms with Gasteiger partial charge in [0.15, 0.2) is 5.96 Å². The normalized spacial score (nSPS) is 13.2. The van der Waals surface area contributed by atoms with Crippen LogP contribution < -0.4 is 0 Å². The standard InChI is InChI=1S/C14H24N4S.HI/c1-17(2)14(18(3)4)15-10-9-13-16-11-7-5-6-8-12(11)19-13;/h5-10H2,1-4H3;1H. The summed E-state index contributed by atoms with van der Waals surface area (Å²) in [5.41, 5.74) is 1.36. The summed E-state index contributed by atoms with van der Waals surface area (Å²) in [6, 6.07) is 0. The number of aliphatic imine (C=N–C) groups is 1. The van der Waals surface area contributed by atoms with Gasteiger partial charge in [0.1, 0.15) is 0 Å². The van der Waals surface area contributed by atoms with E-state index < -0.39 is 0 Å². The van der Waals surface area contributed by atoms with Gasteiger partial charge >= 0.3 is 0 Å². The first kappa shape index (κ1) is 17.7. The third kappa shape index (κ3) is 4.58. The molecule has 1 aliphatic carbocycles. The van der Waals surface area contributed by atoms with E-state index in [4.69, 9.17) is 4.98 Å². The Kier molecular flexibility index (Phi) is 7.22. The average molecular weight is 408 g/mol. The molecule has 0 saturated heterocycles. The van der Waals surface area contributed by atoms with Gasteiger partial charge in [0.25, 0.3) is 0 Å². The van der Waals surface area contributed by atoms with E-state index in [9.17, 15) is 0 Å². The Morgan fingerprint density at radius 1 is 1.15 bits per heavy atom. The number of hydrogen-bond donors (Lipinski definition) is 0. The second-order valence-electron chi connectivity index (χ2n) is 5.41. The molecule has 0 spiro atoms. The Bertz CT molecular complexity index is 421. The number of aromatic nitrogens is 1. The molecule has 1 aromatic rings. The van der Waals surface area contributed by atoms with Crippen LogP contribution in [0.1, 0.15) is 28.4 Å². The summed E-state index contributed by atoms with van der Waals surface area (Å²) in [7, 11) is 8.11. The van der Waals surface area contributed by atoms with Gasteiger partial charge in [-0.3, -0.25) is 4.99 Å². The van der Waals surface area contributed by atoms with Gasteiger partial charge in [0.05, 0.1) is 10.7 Å². The zero-order chi connectivity index (χ0) is 13.8. The lowest BCUT2D eigenvalue weighted by Crippen LogP contribution is -2.35. The highest BCUT2D eigenvalue weighted by Gasteiger charge is 2.14. The van der Waals surface area contributed by atoms with Crippen LogP contribution in [0.25, 0.3) is 0 Å². The molecule has 6 heteroatoms. The second kappa shape index (κ2) is 8.17. The lowest BCUT2D eigenvalue weighted by Gasteiger charge is -2.22. The van der Waals surface area contributed by atoms with Crippen molar-refractivity contribution in [1.82, 2.24) is 14.8 Å². The van der Waals surface area contributed by atoms with Gasteiger partial charge in [-0.2, -0.15) is 0 Å². The van der Waals surface area contributed by atoms with Gasteiger partial charge < -0.3 is 9.80 Å². The van der Waals surface area contributed by atoms with Gasteiger partial charge in [-0.05, 0) is 25.7 Å². The number of aryl methyl sites for hydroxylation is 2. The molecule has 1 heterocycles. The van der Waals surface area contributed by atoms with Crippen LogP contribution in [0.5, 0.6) is 0 Å². The number of guanidine groups is 1. The number of halogens is 1. The predicted molar refractivity (Wildman–Crippen MR) is 97.6 cm³/mol. The van der Waals surface area contributed by atoms with E-state index >= 15 is 0 Å². The number of thiazole rings is 1. The number of nitrogens with zero attached hydrogens (tertiary/aromatic N) is 4. The van der Waals surface area contributed by atoms with Crippen molar-refractivity contribution in [3.63, 3.8) is 0 Å². The average Bonchev–Trinajstić information content (AvgIpc) is 2.76. The quantitative estimate of drug-likeness (QED) is 0.438. The van der Waals surface area contributed by atoms with Crippen LogP contribution in [0.4, 0.5) is 0 Å². The van der Waals surface area contributed by atoms with Crippen molar-refractivity contribution < 1.29 is 0 Å². The van der Waals surface area contributed by atoms with Gasteiger partial charge in [-0.1, -0.05) is 0 Å². The molecule has 0 saturated carbocycles. The molecular weight excluding hydrogens is 383 g/mol. The van der Waals surface area contributed by atoms with E-state index in [0.717, 1.165) is 18.9 Å². The highest BCUT2D eigenvalue weighted by Crippen LogP contribution is 2.26. The van der Waals surface area contributed by atoms with Crippen molar-refractivity contribution in [2.45, 2.75) is 32.1 Å². The van der Waals surface area contributed by atoms with Crippen molar-refractivity contribution in [3.05, 3.63) is 15.6 Å². The summed E-state index contributed by atoms with van der Waals surface area (Å²) >= 11 is 1.90. The third-order valence-electron chi connectivity index (χ3n) is 3.27. The molecule has 20 heavy (non-hydrogen) atoms. The maximum Gasteiger partial charge on any atom is 0.195 e. The summed E-state index contributed by atoms with van der Waals surface area (Å²) in [5.74, 6) is 1.02. The molecule has 0 fully saturated rings. The van der Waals surface area contributed by atoms with Gasteiger partial charge in [-0.15, -0.1) is 35.3 Å². The maximum absolute atomic E-state index is 4.76. The Morgan fingerprint density at radius 3 is 2.40 bits per heavy atom. The van der Waals surface area contributed by atoms with Crippen LogP contribution in [0.15, 0.2) is 4.99 Å². The molecule has 0 amide bonds. The SMILES string of the molecule is CN(C)C(=NCCc1nc2c(s1)CCCC2)N(C)C.I. The van der Waals surface area contributed by atoms with Gasteiger partial charge in [0.2, 0.25) is 0 Å². The fraction of sp³-hybridized carbons (Fsp3) is 0.714. The summed E-state index contributed by atoms with van der Waals surface area (Å²) in [5, 5.41) is 1.26. The smallest absolute Gasteiger partial charge is 0.195 e. The minimum atomic E-state index is 0. The Labute approximate surface area is 143 Å². The largest absolute Gasteiger partial charge is 0.349 e. The van der Waals surface area contributed by atoms with Crippen LogP contribution in [-0.4, -0.2) is 55.5 Å². The van der Waals surface area contributed by atoms with Crippen molar-refractivity contribution >= 4 is 41.3 Å².